The van der Waals surface area contributed by atoms with Crippen LogP contribution >= 0.6 is 0 Å². The van der Waals surface area contributed by atoms with Gasteiger partial charge in [-0.1, -0.05) is 30.3 Å². The lowest BCUT2D eigenvalue weighted by atomic mass is 10.1. The van der Waals surface area contributed by atoms with Gasteiger partial charge in [-0.15, -0.1) is 0 Å². The molecule has 144 valence electrons. The van der Waals surface area contributed by atoms with E-state index in [1.54, 1.807) is 12.4 Å². The lowest BCUT2D eigenvalue weighted by Crippen LogP contribution is -2.53. The molecule has 0 spiro atoms. The zero-order chi connectivity index (χ0) is 18.9. The van der Waals surface area contributed by atoms with E-state index in [0.717, 1.165) is 50.2 Å². The van der Waals surface area contributed by atoms with Gasteiger partial charge in [-0.05, 0) is 18.6 Å². The van der Waals surface area contributed by atoms with Gasteiger partial charge >= 0.3 is 0 Å². The van der Waals surface area contributed by atoms with Crippen molar-refractivity contribution in [1.82, 2.24) is 20.2 Å². The summed E-state index contributed by atoms with van der Waals surface area (Å²) in [5, 5.41) is 13.7. The third-order valence-electron chi connectivity index (χ3n) is 4.52. The first-order valence-electron chi connectivity index (χ1n) is 9.53. The minimum atomic E-state index is -0.486. The highest BCUT2D eigenvalue weighted by atomic mass is 16.3. The summed E-state index contributed by atoms with van der Waals surface area (Å²) >= 11 is 0. The normalized spacial score (nSPS) is 16.3. The van der Waals surface area contributed by atoms with Crippen molar-refractivity contribution in [3.63, 3.8) is 0 Å². The van der Waals surface area contributed by atoms with Crippen molar-refractivity contribution in [1.29, 1.82) is 0 Å². The van der Waals surface area contributed by atoms with Crippen LogP contribution in [0.4, 0.5) is 5.95 Å². The van der Waals surface area contributed by atoms with Crippen molar-refractivity contribution >= 4 is 11.9 Å². The van der Waals surface area contributed by atoms with Crippen molar-refractivity contribution < 1.29 is 5.11 Å². The zero-order valence-corrected chi connectivity index (χ0v) is 15.8. The molecule has 1 atom stereocenters. The second kappa shape index (κ2) is 9.87. The molecule has 1 fully saturated rings. The number of aliphatic imine (C=N–C) groups is 1. The number of guanidine groups is 1. The van der Waals surface area contributed by atoms with Crippen LogP contribution in [0.5, 0.6) is 0 Å². The molecular formula is C20H28N6O. The molecule has 2 N–H and O–H groups in total. The molecular weight excluding hydrogens is 340 g/mol. The molecule has 3 rings (SSSR count). The van der Waals surface area contributed by atoms with Gasteiger partial charge in [0.1, 0.15) is 0 Å². The topological polar surface area (TPSA) is 76.9 Å². The van der Waals surface area contributed by atoms with Crippen molar-refractivity contribution in [2.75, 3.05) is 44.2 Å². The van der Waals surface area contributed by atoms with E-state index < -0.39 is 6.10 Å². The zero-order valence-electron chi connectivity index (χ0n) is 15.8. The molecule has 7 nitrogen and oxygen atoms in total. The fourth-order valence-corrected chi connectivity index (χ4v) is 3.14. The van der Waals surface area contributed by atoms with Gasteiger partial charge in [0.05, 0.1) is 12.6 Å². The van der Waals surface area contributed by atoms with E-state index in [2.05, 4.69) is 37.0 Å². The Morgan fingerprint density at radius 2 is 1.81 bits per heavy atom. The SMILES string of the molecule is CCNC(=NCC(O)Cc1ccccc1)N1CCN(c2ncccn2)CC1. The Kier molecular flexibility index (Phi) is 6.98. The fourth-order valence-electron chi connectivity index (χ4n) is 3.14. The summed E-state index contributed by atoms with van der Waals surface area (Å²) < 4.78 is 0. The number of hydrogen-bond acceptors (Lipinski definition) is 5. The molecule has 1 aliphatic rings. The van der Waals surface area contributed by atoms with Crippen molar-refractivity contribution in [3.8, 4) is 0 Å². The van der Waals surface area contributed by atoms with Gasteiger partial charge in [0.15, 0.2) is 5.96 Å². The molecule has 0 aliphatic carbocycles. The Hall–Kier alpha value is -2.67. The first-order valence-corrected chi connectivity index (χ1v) is 9.53. The molecule has 1 saturated heterocycles. The van der Waals surface area contributed by atoms with Gasteiger partial charge in [0.2, 0.25) is 5.95 Å². The van der Waals surface area contributed by atoms with Crippen molar-refractivity contribution in [2.24, 2.45) is 4.99 Å². The molecule has 0 saturated carbocycles. The highest BCUT2D eigenvalue weighted by molar-refractivity contribution is 5.80. The molecule has 27 heavy (non-hydrogen) atoms. The monoisotopic (exact) mass is 368 g/mol. The number of rotatable bonds is 6. The fraction of sp³-hybridized carbons (Fsp3) is 0.450. The van der Waals surface area contributed by atoms with Crippen LogP contribution in [-0.2, 0) is 6.42 Å². The van der Waals surface area contributed by atoms with E-state index >= 15 is 0 Å². The number of piperazine rings is 1. The van der Waals surface area contributed by atoms with E-state index in [4.69, 9.17) is 0 Å². The molecule has 2 heterocycles. The summed E-state index contributed by atoms with van der Waals surface area (Å²) in [5.74, 6) is 1.63. The molecule has 1 unspecified atom stereocenters. The lowest BCUT2D eigenvalue weighted by Gasteiger charge is -2.36. The number of benzene rings is 1. The first-order chi connectivity index (χ1) is 13.3. The molecule has 1 aromatic carbocycles. The summed E-state index contributed by atoms with van der Waals surface area (Å²) in [4.78, 5) is 17.7. The number of nitrogens with zero attached hydrogens (tertiary/aromatic N) is 5. The predicted octanol–water partition coefficient (Wildman–Crippen LogP) is 1.17. The maximum atomic E-state index is 10.3. The highest BCUT2D eigenvalue weighted by Gasteiger charge is 2.21. The van der Waals surface area contributed by atoms with Crippen LogP contribution in [0.25, 0.3) is 0 Å². The van der Waals surface area contributed by atoms with Crippen LogP contribution in [0.3, 0.4) is 0 Å². The number of aliphatic hydroxyl groups is 1. The van der Waals surface area contributed by atoms with Crippen LogP contribution < -0.4 is 10.2 Å². The minimum absolute atomic E-state index is 0.388. The molecule has 1 aliphatic heterocycles. The van der Waals surface area contributed by atoms with Crippen LogP contribution in [0.1, 0.15) is 12.5 Å². The largest absolute Gasteiger partial charge is 0.391 e. The van der Waals surface area contributed by atoms with Crippen LogP contribution in [0.15, 0.2) is 53.8 Å². The smallest absolute Gasteiger partial charge is 0.225 e. The Balaban J connectivity index is 1.54. The molecule has 0 radical (unpaired) electrons. The molecule has 0 amide bonds. The van der Waals surface area contributed by atoms with E-state index in [-0.39, 0.29) is 0 Å². The predicted molar refractivity (Wildman–Crippen MR) is 108 cm³/mol. The Morgan fingerprint density at radius 3 is 2.48 bits per heavy atom. The Morgan fingerprint density at radius 1 is 1.11 bits per heavy atom. The Labute approximate surface area is 160 Å². The maximum Gasteiger partial charge on any atom is 0.225 e. The summed E-state index contributed by atoms with van der Waals surface area (Å²) in [7, 11) is 0. The second-order valence-corrected chi connectivity index (χ2v) is 6.56. The second-order valence-electron chi connectivity index (χ2n) is 6.56. The van der Waals surface area contributed by atoms with E-state index in [0.29, 0.717) is 13.0 Å². The summed E-state index contributed by atoms with van der Waals surface area (Å²) in [6, 6.07) is 11.9. The van der Waals surface area contributed by atoms with Crippen molar-refractivity contribution in [2.45, 2.75) is 19.4 Å². The van der Waals surface area contributed by atoms with Gasteiger partial charge < -0.3 is 20.2 Å². The number of aliphatic hydroxyl groups excluding tert-OH is 1. The van der Waals surface area contributed by atoms with E-state index in [9.17, 15) is 5.11 Å². The quantitative estimate of drug-likeness (QED) is 0.589. The number of nitrogens with one attached hydrogen (secondary N) is 1. The first kappa shape index (κ1) is 19.1. The van der Waals surface area contributed by atoms with Gasteiger partial charge in [0.25, 0.3) is 0 Å². The van der Waals surface area contributed by atoms with Crippen LogP contribution in [-0.4, -0.2) is 71.3 Å². The van der Waals surface area contributed by atoms with Crippen molar-refractivity contribution in [3.05, 3.63) is 54.4 Å². The average Bonchev–Trinajstić information content (AvgIpc) is 2.73. The van der Waals surface area contributed by atoms with Gasteiger partial charge in [-0.2, -0.15) is 0 Å². The average molecular weight is 368 g/mol. The third-order valence-corrected chi connectivity index (χ3v) is 4.52. The minimum Gasteiger partial charge on any atom is -0.391 e. The lowest BCUT2D eigenvalue weighted by molar-refractivity contribution is 0.183. The highest BCUT2D eigenvalue weighted by Crippen LogP contribution is 2.10. The molecule has 1 aromatic heterocycles. The summed E-state index contributed by atoms with van der Waals surface area (Å²) in [6.07, 6.45) is 3.67. The van der Waals surface area contributed by atoms with Gasteiger partial charge in [-0.3, -0.25) is 4.99 Å². The third kappa shape index (κ3) is 5.65. The number of hydrogen-bond donors (Lipinski definition) is 2. The van der Waals surface area contributed by atoms with Crippen LogP contribution in [0, 0.1) is 0 Å². The maximum absolute atomic E-state index is 10.3. The van der Waals surface area contributed by atoms with Gasteiger partial charge in [0, 0.05) is 51.5 Å². The number of aromatic nitrogens is 2. The Bertz CT molecular complexity index is 701. The molecule has 0 bridgehead atoms. The molecule has 2 aromatic rings. The van der Waals surface area contributed by atoms with Crippen LogP contribution in [0.2, 0.25) is 0 Å². The standard InChI is InChI=1S/C20H28N6O/c1-2-21-19(24-16-18(27)15-17-7-4-3-5-8-17)25-11-13-26(14-12-25)20-22-9-6-10-23-20/h3-10,18,27H,2,11-16H2,1H3,(H,21,24). The summed E-state index contributed by atoms with van der Waals surface area (Å²) in [5.41, 5.74) is 1.13. The van der Waals surface area contributed by atoms with E-state index in [1.807, 2.05) is 36.4 Å². The van der Waals surface area contributed by atoms with Gasteiger partial charge in [-0.25, -0.2) is 9.97 Å². The van der Waals surface area contributed by atoms with E-state index in [1.165, 1.54) is 0 Å². The molecule has 7 heteroatoms. The number of anilines is 1. The summed E-state index contributed by atoms with van der Waals surface area (Å²) in [6.45, 7) is 6.64.